The van der Waals surface area contributed by atoms with Crippen LogP contribution < -0.4 is 5.32 Å². The van der Waals surface area contributed by atoms with Gasteiger partial charge in [0.2, 0.25) is 9.84 Å². The molecule has 0 saturated heterocycles. The zero-order chi connectivity index (χ0) is 40.1. The van der Waals surface area contributed by atoms with Gasteiger partial charge in [-0.3, -0.25) is 4.99 Å². The molecule has 0 fully saturated rings. The molecule has 0 aromatic heterocycles. The summed E-state index contributed by atoms with van der Waals surface area (Å²) in [7, 11) is -7.54. The summed E-state index contributed by atoms with van der Waals surface area (Å²) >= 11 is 1.29. The summed E-state index contributed by atoms with van der Waals surface area (Å²) in [5, 5.41) is -5.29. The van der Waals surface area contributed by atoms with Crippen molar-refractivity contribution in [3.63, 3.8) is 0 Å². The maximum atomic E-state index is 14.5. The molecule has 28 heteroatoms. The van der Waals surface area contributed by atoms with Gasteiger partial charge < -0.3 is 10.1 Å². The number of aliphatic imine (C=N–C) groups is 1. The Hall–Kier alpha value is -2.68. The van der Waals surface area contributed by atoms with Crippen LogP contribution in [0.25, 0.3) is 0 Å². The second-order valence-electron chi connectivity index (χ2n) is 10.1. The lowest BCUT2D eigenvalue weighted by Gasteiger charge is -2.44. The largest absolute Gasteiger partial charge is 0.479 e. The predicted molar refractivity (Wildman–Crippen MR) is 133 cm³/mol. The summed E-state index contributed by atoms with van der Waals surface area (Å²) < 4.78 is 315. The van der Waals surface area contributed by atoms with Crippen LogP contribution in [0.4, 0.5) is 97.9 Å². The van der Waals surface area contributed by atoms with Crippen molar-refractivity contribution in [3.8, 4) is 0 Å². The Bertz CT molecular complexity index is 1530. The predicted octanol–water partition coefficient (Wildman–Crippen LogP) is 8.66. The van der Waals surface area contributed by atoms with Crippen LogP contribution in [0.5, 0.6) is 0 Å². The molecule has 0 atom stereocenters. The summed E-state index contributed by atoms with van der Waals surface area (Å²) in [5.41, 5.74) is -0.208. The number of hydrogen-bond acceptors (Lipinski definition) is 6. The van der Waals surface area contributed by atoms with Gasteiger partial charge in [-0.05, 0) is 24.3 Å². The molecule has 51 heavy (non-hydrogen) atoms. The van der Waals surface area contributed by atoms with Crippen LogP contribution in [0.1, 0.15) is 6.42 Å². The normalized spacial score (nSPS) is 16.6. The highest BCUT2D eigenvalue weighted by Gasteiger charge is 2.98. The minimum Gasteiger partial charge on any atom is -0.479 e. The van der Waals surface area contributed by atoms with Crippen molar-refractivity contribution in [3.05, 3.63) is 24.3 Å². The first-order chi connectivity index (χ1) is 22.6. The number of nitrogens with zero attached hydrogens (tertiary/aromatic N) is 1. The van der Waals surface area contributed by atoms with Gasteiger partial charge >= 0.3 is 58.8 Å². The Balaban J connectivity index is 2.40. The molecule has 296 valence electrons. The molecular formula is C23H17F21N2O3S2. The number of hydrogen-bond donors (Lipinski definition) is 1. The fourth-order valence-electron chi connectivity index (χ4n) is 3.67. The molecule has 0 amide bonds. The zero-order valence-electron chi connectivity index (χ0n) is 24.0. The van der Waals surface area contributed by atoms with Crippen LogP contribution in [0.3, 0.4) is 0 Å². The monoisotopic (exact) mass is 832 g/mol. The van der Waals surface area contributed by atoms with E-state index in [1.54, 1.807) is 0 Å². The Morgan fingerprint density at radius 3 is 1.41 bits per heavy atom. The number of benzene rings is 1. The Labute approximate surface area is 274 Å². The summed E-state index contributed by atoms with van der Waals surface area (Å²) in [6.07, 6.45) is -7.65. The lowest BCUT2D eigenvalue weighted by molar-refractivity contribution is -0.472. The molecule has 0 bridgehead atoms. The maximum Gasteiger partial charge on any atom is 0.460 e. The second-order valence-corrected chi connectivity index (χ2v) is 13.3. The van der Waals surface area contributed by atoms with Gasteiger partial charge in [-0.1, -0.05) is 0 Å². The number of anilines is 1. The number of thioether (sulfide) groups is 1. The van der Waals surface area contributed by atoms with Gasteiger partial charge in [0.1, 0.15) is 6.61 Å². The van der Waals surface area contributed by atoms with E-state index in [0.717, 1.165) is 0 Å². The lowest BCUT2D eigenvalue weighted by atomic mass is 9.87. The molecule has 5 nitrogen and oxygen atoms in total. The third-order valence-corrected chi connectivity index (χ3v) is 9.48. The number of nitrogens with one attached hydrogen (secondary N) is 1. The van der Waals surface area contributed by atoms with Crippen LogP contribution >= 0.6 is 11.8 Å². The van der Waals surface area contributed by atoms with Gasteiger partial charge in [0.25, 0.3) is 0 Å². The van der Waals surface area contributed by atoms with E-state index in [1.807, 2.05) is 0 Å². The highest BCUT2D eigenvalue weighted by molar-refractivity contribution is 7.99. The van der Waals surface area contributed by atoms with E-state index in [2.05, 4.69) is 10.3 Å². The van der Waals surface area contributed by atoms with Gasteiger partial charge in [-0.2, -0.15) is 104 Å². The molecule has 1 N–H and O–H groups in total. The van der Waals surface area contributed by atoms with Crippen LogP contribution in [0.15, 0.2) is 34.2 Å². The third kappa shape index (κ3) is 6.83. The number of ether oxygens (including phenoxy) is 1. The first-order valence-electron chi connectivity index (χ1n) is 12.8. The summed E-state index contributed by atoms with van der Waals surface area (Å²) in [6.45, 7) is 0.889. The van der Waals surface area contributed by atoms with Gasteiger partial charge in [0.15, 0.2) is 5.90 Å². The first kappa shape index (κ1) is 44.5. The Morgan fingerprint density at radius 1 is 0.608 bits per heavy atom. The van der Waals surface area contributed by atoms with E-state index < -0.39 is 73.5 Å². The van der Waals surface area contributed by atoms with E-state index in [1.165, 1.54) is 11.8 Å². The fraction of sp³-hybridized carbons (Fsp3) is 0.696. The molecular weight excluding hydrogens is 815 g/mol. The number of halogens is 21. The van der Waals surface area contributed by atoms with Gasteiger partial charge in [-0.15, -0.1) is 0 Å². The molecule has 1 aromatic rings. The topological polar surface area (TPSA) is 67.8 Å². The quantitative estimate of drug-likeness (QED) is 0.126. The summed E-state index contributed by atoms with van der Waals surface area (Å²) in [5.74, 6) is -71.1. The van der Waals surface area contributed by atoms with Crippen molar-refractivity contribution in [2.75, 3.05) is 36.5 Å². The number of alkyl halides is 21. The molecule has 2 rings (SSSR count). The van der Waals surface area contributed by atoms with Crippen LogP contribution in [0, 0.1) is 0 Å². The second kappa shape index (κ2) is 13.6. The highest BCUT2D eigenvalue weighted by Crippen LogP contribution is 2.66. The standard InChI is InChI=1S/C23H17F21N2O3S2/c24-14(25,16(28,29)18(32,33)20(36,37)22(40,41)42)15(26,27)17(30,31)19(34,35)21(38,39)23(43,44)51(47,48)12-3-1-11(2-4-12)45-7-10-50-9-5-13-46-6-8-49-13/h1-4,45H,5-10H2. The summed E-state index contributed by atoms with van der Waals surface area (Å²) in [6, 6.07) is 0.806. The third-order valence-electron chi connectivity index (χ3n) is 6.67. The Kier molecular flexibility index (Phi) is 11.9. The number of sulfone groups is 1. The van der Waals surface area contributed by atoms with Crippen molar-refractivity contribution in [2.24, 2.45) is 4.99 Å². The van der Waals surface area contributed by atoms with E-state index >= 15 is 0 Å². The lowest BCUT2D eigenvalue weighted by Crippen LogP contribution is -2.77. The van der Waals surface area contributed by atoms with Gasteiger partial charge in [0, 0.05) is 30.2 Å². The molecule has 0 radical (unpaired) electrons. The smallest absolute Gasteiger partial charge is 0.460 e. The molecule has 1 aliphatic heterocycles. The van der Waals surface area contributed by atoms with Gasteiger partial charge in [0.05, 0.1) is 11.4 Å². The van der Waals surface area contributed by atoms with Gasteiger partial charge in [-0.25, -0.2) is 8.42 Å². The van der Waals surface area contributed by atoms with Crippen molar-refractivity contribution in [2.45, 2.75) is 70.1 Å². The van der Waals surface area contributed by atoms with E-state index in [-0.39, 0.29) is 24.4 Å². The minimum absolute atomic E-state index is 0.0251. The van der Waals surface area contributed by atoms with Crippen LogP contribution in [-0.2, 0) is 14.6 Å². The molecule has 0 unspecified atom stereocenters. The molecule has 1 aliphatic rings. The SMILES string of the molecule is O=S(=O)(c1ccc(NCCSCCC2=NCCO2)cc1)C(F)(F)C(F)(F)C(F)(F)C(F)(F)C(F)(F)C(F)(F)C(F)(F)C(F)(F)C(F)(F)C(F)(F)F. The van der Waals surface area contributed by atoms with Crippen LogP contribution in [-0.4, -0.2) is 104 Å². The van der Waals surface area contributed by atoms with E-state index in [0.29, 0.717) is 49.1 Å². The van der Waals surface area contributed by atoms with Crippen LogP contribution in [0.2, 0.25) is 0 Å². The molecule has 0 aliphatic carbocycles. The Morgan fingerprint density at radius 2 is 1.02 bits per heavy atom. The van der Waals surface area contributed by atoms with Crippen molar-refractivity contribution in [1.82, 2.24) is 0 Å². The van der Waals surface area contributed by atoms with Crippen molar-refractivity contribution >= 4 is 33.2 Å². The minimum atomic E-state index is -9.37. The highest BCUT2D eigenvalue weighted by atomic mass is 32.2. The first-order valence-corrected chi connectivity index (χ1v) is 15.5. The molecule has 0 spiro atoms. The molecule has 1 aromatic carbocycles. The van der Waals surface area contributed by atoms with E-state index in [9.17, 15) is 101 Å². The van der Waals surface area contributed by atoms with Crippen molar-refractivity contribution in [1.29, 1.82) is 0 Å². The zero-order valence-corrected chi connectivity index (χ0v) is 25.6. The number of rotatable bonds is 17. The van der Waals surface area contributed by atoms with Crippen molar-refractivity contribution < 1.29 is 105 Å². The maximum absolute atomic E-state index is 14.5. The van der Waals surface area contributed by atoms with E-state index in [4.69, 9.17) is 4.74 Å². The average Bonchev–Trinajstić information content (AvgIpc) is 3.51. The fourth-order valence-corrected chi connectivity index (χ4v) is 5.70. The molecule has 1 heterocycles. The molecule has 0 saturated carbocycles. The average molecular weight is 832 g/mol. The summed E-state index contributed by atoms with van der Waals surface area (Å²) in [4.78, 5) is 1.83.